The fourth-order valence-electron chi connectivity index (χ4n) is 1.85. The molecule has 3 rings (SSSR count). The summed E-state index contributed by atoms with van der Waals surface area (Å²) in [7, 11) is -3.49. The van der Waals surface area contributed by atoms with E-state index in [-0.39, 0.29) is 0 Å². The predicted octanol–water partition coefficient (Wildman–Crippen LogP) is 3.41. The number of sulfonamides is 1. The first-order valence-electron chi connectivity index (χ1n) is 6.63. The molecule has 0 bridgehead atoms. The Hall–Kier alpha value is -0.640. The summed E-state index contributed by atoms with van der Waals surface area (Å²) in [5.74, 6) is 0. The fraction of sp³-hybridized carbons (Fsp3) is 0.286. The number of anilines is 1. The minimum Gasteiger partial charge on any atom is -0.309 e. The summed E-state index contributed by atoms with van der Waals surface area (Å²) in [6, 6.07) is 11.4. The largest absolute Gasteiger partial charge is 0.309 e. The number of benzene rings is 1. The van der Waals surface area contributed by atoms with Gasteiger partial charge in [-0.05, 0) is 71.8 Å². The molecule has 0 amide bonds. The van der Waals surface area contributed by atoms with Crippen molar-refractivity contribution in [2.75, 3.05) is 4.72 Å². The lowest BCUT2D eigenvalue weighted by Gasteiger charge is -2.06. The molecular weight excluding hydrogens is 419 g/mol. The lowest BCUT2D eigenvalue weighted by atomic mass is 10.3. The Balaban J connectivity index is 1.69. The van der Waals surface area contributed by atoms with Gasteiger partial charge >= 0.3 is 0 Å². The number of rotatable bonds is 6. The van der Waals surface area contributed by atoms with Gasteiger partial charge in [-0.1, -0.05) is 0 Å². The zero-order chi connectivity index (χ0) is 14.9. The highest BCUT2D eigenvalue weighted by molar-refractivity contribution is 14.1. The summed E-state index contributed by atoms with van der Waals surface area (Å²) in [5, 5.41) is 3.39. The second kappa shape index (κ2) is 6.23. The van der Waals surface area contributed by atoms with Crippen LogP contribution in [0.5, 0.6) is 0 Å². The van der Waals surface area contributed by atoms with Gasteiger partial charge in [0.2, 0.25) is 0 Å². The number of hydrogen-bond donors (Lipinski definition) is 2. The van der Waals surface area contributed by atoms with Crippen molar-refractivity contribution in [3.8, 4) is 0 Å². The predicted molar refractivity (Wildman–Crippen MR) is 94.1 cm³/mol. The summed E-state index contributed by atoms with van der Waals surface area (Å²) < 4.78 is 28.7. The third kappa shape index (κ3) is 4.18. The van der Waals surface area contributed by atoms with E-state index in [0.717, 1.165) is 15.0 Å². The Morgan fingerprint density at radius 1 is 1.14 bits per heavy atom. The van der Waals surface area contributed by atoms with E-state index < -0.39 is 10.0 Å². The van der Waals surface area contributed by atoms with Crippen LogP contribution in [0.2, 0.25) is 0 Å². The van der Waals surface area contributed by atoms with Gasteiger partial charge in [0.05, 0.1) is 0 Å². The van der Waals surface area contributed by atoms with Crippen LogP contribution >= 0.6 is 33.9 Å². The Morgan fingerprint density at radius 2 is 1.86 bits per heavy atom. The molecule has 0 saturated heterocycles. The number of halogens is 1. The molecule has 2 aromatic rings. The van der Waals surface area contributed by atoms with Gasteiger partial charge in [-0.3, -0.25) is 4.72 Å². The van der Waals surface area contributed by atoms with Crippen LogP contribution in [-0.2, 0) is 16.6 Å². The third-order valence-corrected chi connectivity index (χ3v) is 6.82. The normalized spacial score (nSPS) is 15.1. The molecule has 7 heteroatoms. The Morgan fingerprint density at radius 3 is 2.52 bits per heavy atom. The van der Waals surface area contributed by atoms with Gasteiger partial charge in [-0.25, -0.2) is 8.42 Å². The molecule has 1 aromatic carbocycles. The van der Waals surface area contributed by atoms with Crippen molar-refractivity contribution in [3.05, 3.63) is 44.8 Å². The van der Waals surface area contributed by atoms with Crippen LogP contribution in [0, 0.1) is 3.57 Å². The molecule has 1 heterocycles. The molecule has 1 saturated carbocycles. The van der Waals surface area contributed by atoms with E-state index in [4.69, 9.17) is 0 Å². The second-order valence-corrected chi connectivity index (χ2v) is 9.31. The van der Waals surface area contributed by atoms with Gasteiger partial charge in [0, 0.05) is 26.7 Å². The SMILES string of the molecule is O=S(=O)(Nc1ccc(I)cc1)c1ccc(CNC2CC2)s1. The van der Waals surface area contributed by atoms with E-state index in [1.165, 1.54) is 24.2 Å². The molecule has 0 aliphatic heterocycles. The van der Waals surface area contributed by atoms with Crippen LogP contribution < -0.4 is 10.0 Å². The van der Waals surface area contributed by atoms with E-state index >= 15 is 0 Å². The number of thiophene rings is 1. The molecule has 21 heavy (non-hydrogen) atoms. The maximum Gasteiger partial charge on any atom is 0.271 e. The van der Waals surface area contributed by atoms with Gasteiger partial charge in [0.1, 0.15) is 4.21 Å². The minimum atomic E-state index is -3.49. The molecular formula is C14H15IN2O2S2. The van der Waals surface area contributed by atoms with Crippen LogP contribution in [0.3, 0.4) is 0 Å². The van der Waals surface area contributed by atoms with Crippen LogP contribution in [0.4, 0.5) is 5.69 Å². The van der Waals surface area contributed by atoms with Crippen LogP contribution in [-0.4, -0.2) is 14.5 Å². The first kappa shape index (κ1) is 15.3. The smallest absolute Gasteiger partial charge is 0.271 e. The molecule has 0 radical (unpaired) electrons. The first-order chi connectivity index (χ1) is 10.0. The summed E-state index contributed by atoms with van der Waals surface area (Å²) in [6.07, 6.45) is 2.45. The quantitative estimate of drug-likeness (QED) is 0.686. The number of nitrogens with one attached hydrogen (secondary N) is 2. The van der Waals surface area contributed by atoms with Crippen molar-refractivity contribution in [2.45, 2.75) is 29.6 Å². The highest BCUT2D eigenvalue weighted by atomic mass is 127. The molecule has 0 atom stereocenters. The lowest BCUT2D eigenvalue weighted by molar-refractivity contribution is 0.603. The maximum atomic E-state index is 12.3. The molecule has 4 nitrogen and oxygen atoms in total. The third-order valence-electron chi connectivity index (χ3n) is 3.14. The van der Waals surface area contributed by atoms with E-state index in [1.807, 2.05) is 18.2 Å². The van der Waals surface area contributed by atoms with Gasteiger partial charge in [0.25, 0.3) is 10.0 Å². The molecule has 112 valence electrons. The van der Waals surface area contributed by atoms with Crippen molar-refractivity contribution in [2.24, 2.45) is 0 Å². The van der Waals surface area contributed by atoms with E-state index in [0.29, 0.717) is 15.9 Å². The van der Waals surface area contributed by atoms with Gasteiger partial charge in [0.15, 0.2) is 0 Å². The van der Waals surface area contributed by atoms with Gasteiger partial charge in [-0.2, -0.15) is 0 Å². The summed E-state index contributed by atoms with van der Waals surface area (Å²) in [6.45, 7) is 0.744. The number of hydrogen-bond acceptors (Lipinski definition) is 4. The van der Waals surface area contributed by atoms with E-state index in [2.05, 4.69) is 32.6 Å². The Kier molecular flexibility index (Phi) is 4.53. The van der Waals surface area contributed by atoms with Crippen LogP contribution in [0.1, 0.15) is 17.7 Å². The van der Waals surface area contributed by atoms with E-state index in [9.17, 15) is 8.42 Å². The average molecular weight is 434 g/mol. The average Bonchev–Trinajstić information content (AvgIpc) is 3.15. The standard InChI is InChI=1S/C14H15IN2O2S2/c15-10-1-3-12(4-2-10)17-21(18,19)14-8-7-13(20-14)9-16-11-5-6-11/h1-4,7-8,11,16-17H,5-6,9H2. The summed E-state index contributed by atoms with van der Waals surface area (Å²) in [4.78, 5) is 1.05. The minimum absolute atomic E-state index is 0.355. The fourth-order valence-corrected chi connectivity index (χ4v) is 4.58. The molecule has 1 aliphatic rings. The molecule has 1 fully saturated rings. The summed E-state index contributed by atoms with van der Waals surface area (Å²) in [5.41, 5.74) is 0.585. The van der Waals surface area contributed by atoms with Crippen molar-refractivity contribution < 1.29 is 8.42 Å². The van der Waals surface area contributed by atoms with Gasteiger partial charge < -0.3 is 5.32 Å². The zero-order valence-electron chi connectivity index (χ0n) is 11.2. The van der Waals surface area contributed by atoms with Crippen molar-refractivity contribution in [3.63, 3.8) is 0 Å². The van der Waals surface area contributed by atoms with Crippen molar-refractivity contribution in [1.29, 1.82) is 0 Å². The monoisotopic (exact) mass is 434 g/mol. The molecule has 0 unspecified atom stereocenters. The molecule has 2 N–H and O–H groups in total. The first-order valence-corrected chi connectivity index (χ1v) is 10.0. The van der Waals surface area contributed by atoms with E-state index in [1.54, 1.807) is 18.2 Å². The van der Waals surface area contributed by atoms with Crippen molar-refractivity contribution in [1.82, 2.24) is 5.32 Å². The second-order valence-electron chi connectivity index (χ2n) is 4.99. The zero-order valence-corrected chi connectivity index (χ0v) is 15.0. The van der Waals surface area contributed by atoms with Gasteiger partial charge in [-0.15, -0.1) is 11.3 Å². The molecule has 1 aromatic heterocycles. The lowest BCUT2D eigenvalue weighted by Crippen LogP contribution is -2.14. The Bertz CT molecular complexity index is 722. The summed E-state index contributed by atoms with van der Waals surface area (Å²) >= 11 is 3.50. The topological polar surface area (TPSA) is 58.2 Å². The van der Waals surface area contributed by atoms with Crippen molar-refractivity contribution >= 4 is 49.6 Å². The molecule has 1 aliphatic carbocycles. The van der Waals surface area contributed by atoms with Crippen LogP contribution in [0.15, 0.2) is 40.6 Å². The maximum absolute atomic E-state index is 12.3. The van der Waals surface area contributed by atoms with Crippen LogP contribution in [0.25, 0.3) is 0 Å². The highest BCUT2D eigenvalue weighted by Gasteiger charge is 2.21. The Labute approximate surface area is 142 Å². The molecule has 0 spiro atoms. The highest BCUT2D eigenvalue weighted by Crippen LogP contribution is 2.26.